The molecule has 2 heterocycles. The summed E-state index contributed by atoms with van der Waals surface area (Å²) < 4.78 is 1.49. The molecule has 33 heavy (non-hydrogen) atoms. The van der Waals surface area contributed by atoms with Crippen LogP contribution < -0.4 is 5.56 Å². The zero-order valence-electron chi connectivity index (χ0n) is 18.2. The maximum atomic E-state index is 13.2. The van der Waals surface area contributed by atoms with Crippen molar-refractivity contribution >= 4 is 16.8 Å². The lowest BCUT2D eigenvalue weighted by molar-refractivity contribution is -0.0299. The summed E-state index contributed by atoms with van der Waals surface area (Å²) in [6.07, 6.45) is 2.33. The number of hydrogen-bond acceptors (Lipinski definition) is 4. The van der Waals surface area contributed by atoms with E-state index in [4.69, 9.17) is 0 Å². The molecule has 1 fully saturated rings. The Morgan fingerprint density at radius 1 is 0.909 bits per heavy atom. The highest BCUT2D eigenvalue weighted by atomic mass is 16.3. The number of likely N-dealkylation sites (tertiary alicyclic amines) is 1. The van der Waals surface area contributed by atoms with Gasteiger partial charge in [0.2, 0.25) is 0 Å². The Labute approximate surface area is 191 Å². The van der Waals surface area contributed by atoms with E-state index in [2.05, 4.69) is 4.98 Å². The van der Waals surface area contributed by atoms with E-state index in [0.717, 1.165) is 11.1 Å². The molecular weight excluding hydrogens is 414 g/mol. The van der Waals surface area contributed by atoms with Gasteiger partial charge in [0, 0.05) is 24.2 Å². The molecule has 3 aromatic carbocycles. The van der Waals surface area contributed by atoms with Crippen molar-refractivity contribution in [1.82, 2.24) is 14.5 Å². The molecule has 0 unspecified atom stereocenters. The molecule has 5 rings (SSSR count). The first-order valence-corrected chi connectivity index (χ1v) is 11.1. The average molecular weight is 440 g/mol. The highest BCUT2D eigenvalue weighted by Crippen LogP contribution is 2.27. The first kappa shape index (κ1) is 21.1. The largest absolute Gasteiger partial charge is 0.388 e. The number of hydrogen-bond donors (Lipinski definition) is 1. The molecule has 1 saturated heterocycles. The van der Waals surface area contributed by atoms with Crippen molar-refractivity contribution in [2.24, 2.45) is 0 Å². The predicted octanol–water partition coefficient (Wildman–Crippen LogP) is 3.73. The fraction of sp³-hybridized carbons (Fsp3) is 0.222. The highest BCUT2D eigenvalue weighted by Gasteiger charge is 2.35. The standard InChI is InChI=1S/C27H25N3O3/c31-25(21-10-5-2-6-11-21)29-16-14-27(33,15-17-29)18-30-19-28-24-22(20-8-3-1-4-9-20)12-7-13-23(24)26(30)32/h1-13,19,33H,14-18H2. The van der Waals surface area contributed by atoms with Gasteiger partial charge in [-0.3, -0.25) is 14.2 Å². The Bertz CT molecular complexity index is 1340. The SMILES string of the molecule is O=C(c1ccccc1)N1CCC(O)(Cn2cnc3c(-c4ccccc4)cccc3c2=O)CC1. The van der Waals surface area contributed by atoms with Gasteiger partial charge in [0.25, 0.3) is 11.5 Å². The molecule has 0 aliphatic carbocycles. The van der Waals surface area contributed by atoms with Crippen LogP contribution in [0.4, 0.5) is 0 Å². The fourth-order valence-corrected chi connectivity index (χ4v) is 4.52. The van der Waals surface area contributed by atoms with E-state index in [-0.39, 0.29) is 18.0 Å². The van der Waals surface area contributed by atoms with E-state index in [1.54, 1.807) is 23.1 Å². The monoisotopic (exact) mass is 439 g/mol. The second-order valence-electron chi connectivity index (χ2n) is 8.63. The summed E-state index contributed by atoms with van der Waals surface area (Å²) in [5.74, 6) is -0.0318. The summed E-state index contributed by atoms with van der Waals surface area (Å²) in [6.45, 7) is 1.04. The van der Waals surface area contributed by atoms with Crippen molar-refractivity contribution in [3.8, 4) is 11.1 Å². The third-order valence-corrected chi connectivity index (χ3v) is 6.41. The van der Waals surface area contributed by atoms with Crippen LogP contribution in [-0.2, 0) is 6.54 Å². The van der Waals surface area contributed by atoms with Crippen LogP contribution in [0.3, 0.4) is 0 Å². The summed E-state index contributed by atoms with van der Waals surface area (Å²) in [6, 6.07) is 24.6. The molecule has 0 atom stereocenters. The van der Waals surface area contributed by atoms with Crippen molar-refractivity contribution < 1.29 is 9.90 Å². The van der Waals surface area contributed by atoms with Crippen LogP contribution in [0.25, 0.3) is 22.0 Å². The Kier molecular flexibility index (Phi) is 5.52. The smallest absolute Gasteiger partial charge is 0.261 e. The molecule has 1 N–H and O–H groups in total. The van der Waals surface area contributed by atoms with Crippen LogP contribution in [0, 0.1) is 0 Å². The topological polar surface area (TPSA) is 75.4 Å². The van der Waals surface area contributed by atoms with Gasteiger partial charge in [-0.1, -0.05) is 60.7 Å². The van der Waals surface area contributed by atoms with E-state index < -0.39 is 5.60 Å². The zero-order chi connectivity index (χ0) is 22.8. The molecule has 1 aliphatic heterocycles. The number of amides is 1. The molecule has 166 valence electrons. The number of rotatable bonds is 4. The number of aromatic nitrogens is 2. The maximum Gasteiger partial charge on any atom is 0.261 e. The van der Waals surface area contributed by atoms with Gasteiger partial charge in [0.15, 0.2) is 0 Å². The lowest BCUT2D eigenvalue weighted by atomic mass is 9.91. The molecule has 4 aromatic rings. The van der Waals surface area contributed by atoms with Gasteiger partial charge < -0.3 is 10.0 Å². The van der Waals surface area contributed by atoms with E-state index in [1.807, 2.05) is 60.7 Å². The van der Waals surface area contributed by atoms with Gasteiger partial charge in [-0.05, 0) is 36.6 Å². The van der Waals surface area contributed by atoms with Crippen LogP contribution in [0.1, 0.15) is 23.2 Å². The van der Waals surface area contributed by atoms with Crippen LogP contribution in [0.2, 0.25) is 0 Å². The molecule has 0 radical (unpaired) electrons. The van der Waals surface area contributed by atoms with Crippen molar-refractivity contribution in [1.29, 1.82) is 0 Å². The number of benzene rings is 3. The van der Waals surface area contributed by atoms with Crippen molar-refractivity contribution in [2.45, 2.75) is 25.0 Å². The second kappa shape index (κ2) is 8.64. The van der Waals surface area contributed by atoms with Gasteiger partial charge in [-0.15, -0.1) is 0 Å². The average Bonchev–Trinajstić information content (AvgIpc) is 2.86. The van der Waals surface area contributed by atoms with E-state index in [0.29, 0.717) is 42.4 Å². The molecule has 6 nitrogen and oxygen atoms in total. The maximum absolute atomic E-state index is 13.2. The number of carbonyl (C=O) groups excluding carboxylic acids is 1. The summed E-state index contributed by atoms with van der Waals surface area (Å²) in [4.78, 5) is 32.3. The lowest BCUT2D eigenvalue weighted by Gasteiger charge is -2.38. The molecule has 0 spiro atoms. The van der Waals surface area contributed by atoms with Crippen molar-refractivity contribution in [3.63, 3.8) is 0 Å². The van der Waals surface area contributed by atoms with Gasteiger partial charge in [0.1, 0.15) is 0 Å². The first-order chi connectivity index (χ1) is 16.0. The Morgan fingerprint density at radius 3 is 2.27 bits per heavy atom. The lowest BCUT2D eigenvalue weighted by Crippen LogP contribution is -2.49. The number of aliphatic hydroxyl groups is 1. The van der Waals surface area contributed by atoms with Gasteiger partial charge >= 0.3 is 0 Å². The van der Waals surface area contributed by atoms with E-state index >= 15 is 0 Å². The first-order valence-electron chi connectivity index (χ1n) is 11.1. The van der Waals surface area contributed by atoms with Crippen LogP contribution >= 0.6 is 0 Å². The minimum atomic E-state index is -1.07. The van der Waals surface area contributed by atoms with Crippen LogP contribution in [0.5, 0.6) is 0 Å². The van der Waals surface area contributed by atoms with Crippen molar-refractivity contribution in [2.75, 3.05) is 13.1 Å². The van der Waals surface area contributed by atoms with Crippen molar-refractivity contribution in [3.05, 3.63) is 101 Å². The van der Waals surface area contributed by atoms with Crippen LogP contribution in [0.15, 0.2) is 90.0 Å². The fourth-order valence-electron chi connectivity index (χ4n) is 4.52. The third-order valence-electron chi connectivity index (χ3n) is 6.41. The highest BCUT2D eigenvalue weighted by molar-refractivity contribution is 5.94. The molecule has 0 saturated carbocycles. The van der Waals surface area contributed by atoms with Gasteiger partial charge in [-0.25, -0.2) is 4.98 Å². The Morgan fingerprint density at radius 2 is 1.58 bits per heavy atom. The zero-order valence-corrected chi connectivity index (χ0v) is 18.2. The number of para-hydroxylation sites is 1. The number of fused-ring (bicyclic) bond motifs is 1. The Hall–Kier alpha value is -3.77. The normalized spacial score (nSPS) is 15.5. The van der Waals surface area contributed by atoms with Gasteiger partial charge in [-0.2, -0.15) is 0 Å². The molecule has 1 aliphatic rings. The predicted molar refractivity (Wildman–Crippen MR) is 128 cm³/mol. The molecule has 1 amide bonds. The molecule has 1 aromatic heterocycles. The minimum absolute atomic E-state index is 0.0318. The van der Waals surface area contributed by atoms with E-state index in [1.165, 1.54) is 10.9 Å². The summed E-state index contributed by atoms with van der Waals surface area (Å²) >= 11 is 0. The Balaban J connectivity index is 1.36. The molecule has 6 heteroatoms. The summed E-state index contributed by atoms with van der Waals surface area (Å²) in [7, 11) is 0. The van der Waals surface area contributed by atoms with Crippen LogP contribution in [-0.4, -0.2) is 44.2 Å². The quantitative estimate of drug-likeness (QED) is 0.526. The molecular formula is C27H25N3O3. The second-order valence-corrected chi connectivity index (χ2v) is 8.63. The number of carbonyl (C=O) groups is 1. The number of piperidine rings is 1. The summed E-state index contributed by atoms with van der Waals surface area (Å²) in [5, 5.41) is 11.7. The minimum Gasteiger partial charge on any atom is -0.388 e. The van der Waals surface area contributed by atoms with Gasteiger partial charge in [0.05, 0.1) is 29.4 Å². The number of nitrogens with zero attached hydrogens (tertiary/aromatic N) is 3. The van der Waals surface area contributed by atoms with E-state index in [9.17, 15) is 14.7 Å². The third kappa shape index (κ3) is 4.17. The molecule has 0 bridgehead atoms. The summed E-state index contributed by atoms with van der Waals surface area (Å²) in [5.41, 5.74) is 1.97.